The topological polar surface area (TPSA) is 128 Å². The highest BCUT2D eigenvalue weighted by Crippen LogP contribution is 2.32. The SMILES string of the molecule is C=CCc1c(OCCCCCNC(=O)c2ccc(NN)nc2)ccc2c1CCCC2=NN. The van der Waals surface area contributed by atoms with Gasteiger partial charge in [0.25, 0.3) is 5.91 Å². The molecule has 1 aromatic carbocycles. The lowest BCUT2D eigenvalue weighted by molar-refractivity contribution is 0.0952. The van der Waals surface area contributed by atoms with Gasteiger partial charge in [0, 0.05) is 23.9 Å². The summed E-state index contributed by atoms with van der Waals surface area (Å²) in [6.45, 7) is 5.14. The fourth-order valence-electron chi connectivity index (χ4n) is 3.94. The van der Waals surface area contributed by atoms with Crippen LogP contribution in [0.5, 0.6) is 5.75 Å². The van der Waals surface area contributed by atoms with Crippen molar-refractivity contribution in [2.75, 3.05) is 18.6 Å². The van der Waals surface area contributed by atoms with E-state index >= 15 is 0 Å². The number of hydrazine groups is 1. The molecule has 1 heterocycles. The Hall–Kier alpha value is -3.39. The van der Waals surface area contributed by atoms with Gasteiger partial charge in [0.05, 0.1) is 17.9 Å². The second-order valence-electron chi connectivity index (χ2n) is 7.73. The van der Waals surface area contributed by atoms with Crippen molar-refractivity contribution in [3.8, 4) is 5.75 Å². The number of fused-ring (bicyclic) bond motifs is 1. The minimum atomic E-state index is -0.138. The van der Waals surface area contributed by atoms with Gasteiger partial charge in [0.2, 0.25) is 0 Å². The van der Waals surface area contributed by atoms with Crippen molar-refractivity contribution in [3.63, 3.8) is 0 Å². The van der Waals surface area contributed by atoms with E-state index in [-0.39, 0.29) is 5.91 Å². The average Bonchev–Trinajstić information content (AvgIpc) is 2.84. The summed E-state index contributed by atoms with van der Waals surface area (Å²) >= 11 is 0. The third kappa shape index (κ3) is 5.85. The number of hydrogen-bond acceptors (Lipinski definition) is 7. The molecule has 0 radical (unpaired) electrons. The van der Waals surface area contributed by atoms with Crippen molar-refractivity contribution in [1.82, 2.24) is 10.3 Å². The molecule has 8 nitrogen and oxygen atoms in total. The normalized spacial score (nSPS) is 14.0. The van der Waals surface area contributed by atoms with Crippen LogP contribution in [0.1, 0.15) is 59.2 Å². The number of aromatic nitrogens is 1. The first-order valence-corrected chi connectivity index (χ1v) is 11.0. The zero-order valence-corrected chi connectivity index (χ0v) is 18.4. The number of ether oxygens (including phenoxy) is 1. The van der Waals surface area contributed by atoms with Gasteiger partial charge in [-0.05, 0) is 74.8 Å². The van der Waals surface area contributed by atoms with E-state index in [1.54, 1.807) is 12.1 Å². The van der Waals surface area contributed by atoms with Crippen LogP contribution >= 0.6 is 0 Å². The lowest BCUT2D eigenvalue weighted by Gasteiger charge is -2.23. The van der Waals surface area contributed by atoms with Crippen molar-refractivity contribution < 1.29 is 9.53 Å². The smallest absolute Gasteiger partial charge is 0.252 e. The zero-order valence-electron chi connectivity index (χ0n) is 18.4. The van der Waals surface area contributed by atoms with Crippen LogP contribution in [0.25, 0.3) is 0 Å². The molecule has 0 saturated heterocycles. The molecule has 1 amide bonds. The van der Waals surface area contributed by atoms with Crippen molar-refractivity contribution in [1.29, 1.82) is 0 Å². The Kier molecular flexibility index (Phi) is 8.62. The highest BCUT2D eigenvalue weighted by molar-refractivity contribution is 6.03. The number of unbranched alkanes of at least 4 members (excludes halogenated alkanes) is 2. The zero-order chi connectivity index (χ0) is 22.8. The van der Waals surface area contributed by atoms with Gasteiger partial charge in [-0.1, -0.05) is 6.08 Å². The van der Waals surface area contributed by atoms with Crippen molar-refractivity contribution in [3.05, 3.63) is 65.4 Å². The number of pyridine rings is 1. The number of nitrogens with zero attached hydrogens (tertiary/aromatic N) is 2. The Morgan fingerprint density at radius 3 is 2.81 bits per heavy atom. The number of carbonyl (C=O) groups excluding carboxylic acids is 1. The van der Waals surface area contributed by atoms with Gasteiger partial charge in [-0.15, -0.1) is 6.58 Å². The van der Waals surface area contributed by atoms with Crippen LogP contribution in [0.4, 0.5) is 5.82 Å². The van der Waals surface area contributed by atoms with E-state index in [4.69, 9.17) is 16.4 Å². The first kappa shape index (κ1) is 23.3. The molecule has 0 saturated carbocycles. The summed E-state index contributed by atoms with van der Waals surface area (Å²) in [4.78, 5) is 16.2. The number of rotatable bonds is 11. The third-order valence-corrected chi connectivity index (χ3v) is 5.58. The molecule has 6 N–H and O–H groups in total. The molecule has 2 aromatic rings. The molecular weight excluding hydrogens is 404 g/mol. The first-order chi connectivity index (χ1) is 15.7. The average molecular weight is 437 g/mol. The van der Waals surface area contributed by atoms with Crippen LogP contribution in [0, 0.1) is 0 Å². The lowest BCUT2D eigenvalue weighted by atomic mass is 9.85. The Bertz CT molecular complexity index is 956. The summed E-state index contributed by atoms with van der Waals surface area (Å²) in [5.41, 5.74) is 7.53. The molecule has 1 aliphatic carbocycles. The summed E-state index contributed by atoms with van der Waals surface area (Å²) in [6, 6.07) is 7.45. The highest BCUT2D eigenvalue weighted by atomic mass is 16.5. The van der Waals surface area contributed by atoms with Gasteiger partial charge in [0.1, 0.15) is 11.6 Å². The number of nitrogens with one attached hydrogen (secondary N) is 2. The molecule has 32 heavy (non-hydrogen) atoms. The quantitative estimate of drug-likeness (QED) is 0.185. The van der Waals surface area contributed by atoms with E-state index in [2.05, 4.69) is 33.5 Å². The predicted octanol–water partition coefficient (Wildman–Crippen LogP) is 3.07. The second-order valence-corrected chi connectivity index (χ2v) is 7.73. The van der Waals surface area contributed by atoms with E-state index in [1.165, 1.54) is 17.3 Å². The van der Waals surface area contributed by atoms with E-state index in [0.29, 0.717) is 24.5 Å². The highest BCUT2D eigenvalue weighted by Gasteiger charge is 2.20. The molecule has 0 unspecified atom stereocenters. The fraction of sp³-hybridized carbons (Fsp3) is 0.375. The van der Waals surface area contributed by atoms with Crippen molar-refractivity contribution in [2.24, 2.45) is 16.8 Å². The van der Waals surface area contributed by atoms with Crippen LogP contribution in [-0.2, 0) is 12.8 Å². The number of allylic oxidation sites excluding steroid dienone is 1. The number of anilines is 1. The summed E-state index contributed by atoms with van der Waals surface area (Å²) < 4.78 is 6.11. The van der Waals surface area contributed by atoms with Crippen molar-refractivity contribution >= 4 is 17.4 Å². The molecule has 3 rings (SSSR count). The predicted molar refractivity (Wildman–Crippen MR) is 128 cm³/mol. The fourth-order valence-corrected chi connectivity index (χ4v) is 3.94. The second kappa shape index (κ2) is 11.9. The van der Waals surface area contributed by atoms with E-state index in [0.717, 1.165) is 62.0 Å². The number of carbonyl (C=O) groups is 1. The maximum Gasteiger partial charge on any atom is 0.252 e. The van der Waals surface area contributed by atoms with Gasteiger partial charge in [-0.25, -0.2) is 10.8 Å². The molecule has 170 valence electrons. The van der Waals surface area contributed by atoms with Crippen LogP contribution in [0.15, 0.2) is 48.2 Å². The minimum Gasteiger partial charge on any atom is -0.493 e. The van der Waals surface area contributed by atoms with Crippen LogP contribution in [0.3, 0.4) is 0 Å². The summed E-state index contributed by atoms with van der Waals surface area (Å²) in [6.07, 6.45) is 9.90. The van der Waals surface area contributed by atoms with Crippen LogP contribution in [0.2, 0.25) is 0 Å². The number of benzene rings is 1. The number of hydrazone groups is 1. The Labute approximate surface area is 189 Å². The maximum absolute atomic E-state index is 12.1. The van der Waals surface area contributed by atoms with E-state index < -0.39 is 0 Å². The third-order valence-electron chi connectivity index (χ3n) is 5.58. The van der Waals surface area contributed by atoms with Crippen LogP contribution in [-0.4, -0.2) is 29.8 Å². The van der Waals surface area contributed by atoms with Crippen molar-refractivity contribution in [2.45, 2.75) is 44.9 Å². The Balaban J connectivity index is 1.43. The van der Waals surface area contributed by atoms with Gasteiger partial charge in [-0.2, -0.15) is 5.10 Å². The maximum atomic E-state index is 12.1. The molecule has 1 aliphatic rings. The van der Waals surface area contributed by atoms with E-state index in [9.17, 15) is 4.79 Å². The van der Waals surface area contributed by atoms with E-state index in [1.807, 2.05) is 12.1 Å². The number of nitrogens with two attached hydrogens (primary N) is 2. The summed E-state index contributed by atoms with van der Waals surface area (Å²) in [7, 11) is 0. The van der Waals surface area contributed by atoms with Gasteiger partial charge in [-0.3, -0.25) is 4.79 Å². The monoisotopic (exact) mass is 436 g/mol. The molecule has 0 spiro atoms. The largest absolute Gasteiger partial charge is 0.493 e. The van der Waals surface area contributed by atoms with Crippen LogP contribution < -0.4 is 27.2 Å². The summed E-state index contributed by atoms with van der Waals surface area (Å²) in [5, 5.41) is 6.88. The van der Waals surface area contributed by atoms with Gasteiger partial charge >= 0.3 is 0 Å². The summed E-state index contributed by atoms with van der Waals surface area (Å²) in [5.74, 6) is 12.2. The molecule has 8 heteroatoms. The Morgan fingerprint density at radius 1 is 1.22 bits per heavy atom. The molecule has 1 aromatic heterocycles. The minimum absolute atomic E-state index is 0.138. The number of amides is 1. The lowest BCUT2D eigenvalue weighted by Crippen LogP contribution is -2.24. The standard InChI is InChI=1S/C24H32N6O2/c1-2-7-20-18-8-6-9-21(29-25)19(18)11-12-22(20)32-15-5-3-4-14-27-24(31)17-10-13-23(30-26)28-16-17/h2,10-13,16H,1,3-9,14-15,25-26H2,(H,27,31)(H,28,30). The van der Waals surface area contributed by atoms with Gasteiger partial charge < -0.3 is 21.3 Å². The molecule has 0 aliphatic heterocycles. The first-order valence-electron chi connectivity index (χ1n) is 11.0. The Morgan fingerprint density at radius 2 is 2.09 bits per heavy atom. The molecule has 0 fully saturated rings. The molecule has 0 bridgehead atoms. The number of hydrogen-bond donors (Lipinski definition) is 4. The number of nitrogen functional groups attached to an aromatic ring is 1. The molecular formula is C24H32N6O2. The molecule has 0 atom stereocenters. The van der Waals surface area contributed by atoms with Gasteiger partial charge in [0.15, 0.2) is 0 Å².